The maximum atomic E-state index is 8.35. The Balaban J connectivity index is 2.52. The summed E-state index contributed by atoms with van der Waals surface area (Å²) >= 11 is 0. The van der Waals surface area contributed by atoms with Crippen molar-refractivity contribution >= 4 is 0 Å². The second-order valence-corrected chi connectivity index (χ2v) is 7.02. The van der Waals surface area contributed by atoms with Gasteiger partial charge in [-0.2, -0.15) is 0 Å². The lowest BCUT2D eigenvalue weighted by molar-refractivity contribution is 0.109. The van der Waals surface area contributed by atoms with Crippen LogP contribution in [0.25, 0.3) is 0 Å². The first-order chi connectivity index (χ1) is 7.76. The van der Waals surface area contributed by atoms with E-state index in [-0.39, 0.29) is 17.1 Å². The van der Waals surface area contributed by atoms with Crippen molar-refractivity contribution in [2.45, 2.75) is 83.3 Å². The largest absolute Gasteiger partial charge is 0.307 e. The van der Waals surface area contributed by atoms with Crippen molar-refractivity contribution in [2.24, 2.45) is 5.92 Å². The van der Waals surface area contributed by atoms with Crippen LogP contribution in [0.15, 0.2) is 0 Å². The Morgan fingerprint density at radius 1 is 1.18 bits per heavy atom. The van der Waals surface area contributed by atoms with E-state index in [4.69, 9.17) is 5.73 Å². The number of rotatable bonds is 5. The summed E-state index contributed by atoms with van der Waals surface area (Å²) in [7, 11) is 0. The van der Waals surface area contributed by atoms with E-state index in [1.807, 2.05) is 0 Å². The van der Waals surface area contributed by atoms with Crippen molar-refractivity contribution in [3.05, 3.63) is 6.92 Å². The Kier molecular flexibility index (Phi) is 5.03. The highest BCUT2D eigenvalue weighted by Gasteiger charge is 2.39. The van der Waals surface area contributed by atoms with Gasteiger partial charge in [-0.1, -0.05) is 26.2 Å². The van der Waals surface area contributed by atoms with Crippen molar-refractivity contribution in [1.29, 1.82) is 0 Å². The molecule has 2 heteroatoms. The molecule has 0 bridgehead atoms. The summed E-state index contributed by atoms with van der Waals surface area (Å²) in [6, 6.07) is 0.113. The molecule has 1 saturated heterocycles. The number of nitrogens with one attached hydrogen (secondary N) is 2. The van der Waals surface area contributed by atoms with E-state index in [1.165, 1.54) is 12.8 Å². The van der Waals surface area contributed by atoms with E-state index in [0.717, 1.165) is 25.7 Å². The monoisotopic (exact) mass is 238 g/mol. The quantitative estimate of drug-likeness (QED) is 0.730. The van der Waals surface area contributed by atoms with Gasteiger partial charge in [0.25, 0.3) is 0 Å². The predicted octanol–water partition coefficient (Wildman–Crippen LogP) is 3.59. The van der Waals surface area contributed by atoms with Crippen LogP contribution in [-0.2, 0) is 0 Å². The molecule has 1 heterocycles. The van der Waals surface area contributed by atoms with Gasteiger partial charge in [0, 0.05) is 17.1 Å². The molecule has 0 aromatic carbocycles. The summed E-state index contributed by atoms with van der Waals surface area (Å²) in [5.74, 6) is 0.547. The molecule has 2 radical (unpaired) electrons. The normalized spacial score (nSPS) is 25.8. The van der Waals surface area contributed by atoms with Gasteiger partial charge in [0.15, 0.2) is 0 Å². The smallest absolute Gasteiger partial charge is 0.0242 e. The van der Waals surface area contributed by atoms with Crippen molar-refractivity contribution in [1.82, 2.24) is 11.1 Å². The zero-order chi connectivity index (χ0) is 13.1. The zero-order valence-corrected chi connectivity index (χ0v) is 12.1. The molecule has 0 aliphatic carbocycles. The zero-order valence-electron chi connectivity index (χ0n) is 12.1. The summed E-state index contributed by atoms with van der Waals surface area (Å²) in [6.07, 6.45) is 6.67. The molecule has 0 aromatic rings. The second kappa shape index (κ2) is 5.71. The Bertz CT molecular complexity index is 217. The van der Waals surface area contributed by atoms with E-state index in [2.05, 4.69) is 39.9 Å². The summed E-state index contributed by atoms with van der Waals surface area (Å²) in [5, 5.41) is 3.69. The molecule has 1 rings (SSSR count). The Morgan fingerprint density at radius 2 is 1.71 bits per heavy atom. The van der Waals surface area contributed by atoms with Crippen LogP contribution in [0.5, 0.6) is 0 Å². The highest BCUT2D eigenvalue weighted by Crippen LogP contribution is 2.35. The Hall–Kier alpha value is -0.0800. The molecular weight excluding hydrogens is 208 g/mol. The maximum absolute atomic E-state index is 8.35. The SMILES string of the molecule is [CH2]CCCCC([NH])C1CC(C)(C)NC(C)(C)C1. The van der Waals surface area contributed by atoms with Crippen molar-refractivity contribution in [3.63, 3.8) is 0 Å². The van der Waals surface area contributed by atoms with E-state index in [0.29, 0.717) is 5.92 Å². The Morgan fingerprint density at radius 3 is 2.18 bits per heavy atom. The molecule has 1 fully saturated rings. The van der Waals surface area contributed by atoms with Crippen LogP contribution in [0.2, 0.25) is 0 Å². The fraction of sp³-hybridized carbons (Fsp3) is 0.933. The number of unbranched alkanes of at least 4 members (excludes halogenated alkanes) is 2. The van der Waals surface area contributed by atoms with Gasteiger partial charge in [-0.15, -0.1) is 0 Å². The van der Waals surface area contributed by atoms with E-state index in [9.17, 15) is 0 Å². The second-order valence-electron chi connectivity index (χ2n) is 7.02. The van der Waals surface area contributed by atoms with Gasteiger partial charge in [0.05, 0.1) is 0 Å². The molecule has 1 unspecified atom stereocenters. The van der Waals surface area contributed by atoms with Crippen LogP contribution in [0, 0.1) is 12.8 Å². The Labute approximate surface area is 108 Å². The molecule has 2 nitrogen and oxygen atoms in total. The van der Waals surface area contributed by atoms with Crippen LogP contribution in [0.3, 0.4) is 0 Å². The summed E-state index contributed by atoms with van der Waals surface area (Å²) in [6.45, 7) is 12.9. The summed E-state index contributed by atoms with van der Waals surface area (Å²) in [5.41, 5.74) is 8.71. The third-order valence-electron chi connectivity index (χ3n) is 3.81. The van der Waals surface area contributed by atoms with Crippen LogP contribution < -0.4 is 11.1 Å². The number of piperidine rings is 1. The minimum absolute atomic E-state index is 0.113. The topological polar surface area (TPSA) is 35.8 Å². The number of hydrogen-bond donors (Lipinski definition) is 1. The molecule has 0 saturated carbocycles. The van der Waals surface area contributed by atoms with Gasteiger partial charge in [-0.05, 0) is 52.9 Å². The van der Waals surface area contributed by atoms with Crippen molar-refractivity contribution in [2.75, 3.05) is 0 Å². The molecule has 100 valence electrons. The van der Waals surface area contributed by atoms with Gasteiger partial charge in [0.1, 0.15) is 0 Å². The van der Waals surface area contributed by atoms with Crippen LogP contribution in [0.4, 0.5) is 0 Å². The van der Waals surface area contributed by atoms with Crippen LogP contribution in [-0.4, -0.2) is 17.1 Å². The first-order valence-electron chi connectivity index (χ1n) is 7.05. The van der Waals surface area contributed by atoms with Crippen molar-refractivity contribution < 1.29 is 0 Å². The fourth-order valence-electron chi connectivity index (χ4n) is 3.46. The molecule has 1 atom stereocenters. The average Bonchev–Trinajstić information content (AvgIpc) is 2.13. The van der Waals surface area contributed by atoms with Gasteiger partial charge in [-0.3, -0.25) is 5.73 Å². The summed E-state index contributed by atoms with van der Waals surface area (Å²) < 4.78 is 0. The fourth-order valence-corrected chi connectivity index (χ4v) is 3.46. The average molecular weight is 238 g/mol. The molecular formula is C15H30N2. The van der Waals surface area contributed by atoms with Gasteiger partial charge in [-0.25, -0.2) is 0 Å². The minimum Gasteiger partial charge on any atom is -0.307 e. The standard InChI is InChI=1S/C15H30N2/c1-6-7-8-9-13(16)12-10-14(2,3)17-15(4,5)11-12/h12-13,16-17H,1,6-11H2,2-5H3. The summed E-state index contributed by atoms with van der Waals surface area (Å²) in [4.78, 5) is 0. The van der Waals surface area contributed by atoms with E-state index in [1.54, 1.807) is 0 Å². The maximum Gasteiger partial charge on any atom is 0.0242 e. The molecule has 17 heavy (non-hydrogen) atoms. The van der Waals surface area contributed by atoms with Gasteiger partial charge >= 0.3 is 0 Å². The third kappa shape index (κ3) is 4.97. The lowest BCUT2D eigenvalue weighted by Crippen LogP contribution is -2.59. The molecule has 2 N–H and O–H groups in total. The predicted molar refractivity (Wildman–Crippen MR) is 74.7 cm³/mol. The van der Waals surface area contributed by atoms with E-state index >= 15 is 0 Å². The highest BCUT2D eigenvalue weighted by atomic mass is 15.1. The van der Waals surface area contributed by atoms with Gasteiger partial charge in [0.2, 0.25) is 0 Å². The minimum atomic E-state index is 0.113. The highest BCUT2D eigenvalue weighted by molar-refractivity contribution is 4.99. The van der Waals surface area contributed by atoms with Gasteiger partial charge < -0.3 is 5.32 Å². The molecule has 1 aliphatic rings. The molecule has 0 aromatic heterocycles. The third-order valence-corrected chi connectivity index (χ3v) is 3.81. The number of hydrogen-bond acceptors (Lipinski definition) is 1. The lowest BCUT2D eigenvalue weighted by Gasteiger charge is -2.48. The molecule has 0 amide bonds. The molecule has 1 aliphatic heterocycles. The lowest BCUT2D eigenvalue weighted by atomic mass is 9.72. The van der Waals surface area contributed by atoms with E-state index < -0.39 is 0 Å². The van der Waals surface area contributed by atoms with Crippen molar-refractivity contribution in [3.8, 4) is 0 Å². The first kappa shape index (κ1) is 15.0. The van der Waals surface area contributed by atoms with Crippen LogP contribution in [0.1, 0.15) is 66.2 Å². The molecule has 0 spiro atoms. The van der Waals surface area contributed by atoms with Crippen LogP contribution >= 0.6 is 0 Å². The first-order valence-corrected chi connectivity index (χ1v) is 7.05.